The van der Waals surface area contributed by atoms with Gasteiger partial charge in [-0.05, 0) is 55.6 Å². The molecule has 192 valence electrons. The largest absolute Gasteiger partial charge is 0.369 e. The van der Waals surface area contributed by atoms with Gasteiger partial charge in [0.1, 0.15) is 18.7 Å². The molecule has 3 aliphatic heterocycles. The van der Waals surface area contributed by atoms with Crippen LogP contribution >= 0.6 is 0 Å². The van der Waals surface area contributed by atoms with E-state index in [-0.39, 0.29) is 36.7 Å². The van der Waals surface area contributed by atoms with Crippen molar-refractivity contribution < 1.29 is 19.1 Å². The van der Waals surface area contributed by atoms with Crippen LogP contribution in [0.4, 0.5) is 5.69 Å². The molecule has 0 aromatic heterocycles. The minimum Gasteiger partial charge on any atom is -0.369 e. The van der Waals surface area contributed by atoms with Gasteiger partial charge in [-0.3, -0.25) is 14.4 Å². The maximum absolute atomic E-state index is 13.8. The third-order valence-corrected chi connectivity index (χ3v) is 8.06. The van der Waals surface area contributed by atoms with Crippen LogP contribution in [0.15, 0.2) is 29.4 Å². The average molecular weight is 496 g/mol. The number of ketones is 1. The fourth-order valence-electron chi connectivity index (χ4n) is 5.99. The Morgan fingerprint density at radius 2 is 1.83 bits per heavy atom. The predicted octanol–water partition coefficient (Wildman–Crippen LogP) is 1.58. The normalized spacial score (nSPS) is 27.6. The molecule has 4 atom stereocenters. The number of piperazine rings is 1. The van der Waals surface area contributed by atoms with E-state index in [0.29, 0.717) is 5.56 Å². The van der Waals surface area contributed by atoms with E-state index in [1.165, 1.54) is 4.90 Å². The smallest absolute Gasteiger partial charge is 0.251 e. The van der Waals surface area contributed by atoms with Gasteiger partial charge in [0.25, 0.3) is 5.91 Å². The molecule has 0 unspecified atom stereocenters. The third-order valence-electron chi connectivity index (χ3n) is 8.06. The van der Waals surface area contributed by atoms with E-state index in [1.54, 1.807) is 12.1 Å². The van der Waals surface area contributed by atoms with E-state index in [9.17, 15) is 14.4 Å². The van der Waals surface area contributed by atoms with Gasteiger partial charge in [0.15, 0.2) is 5.78 Å². The highest BCUT2D eigenvalue weighted by atomic mass is 16.5. The minimum absolute atomic E-state index is 0.000421. The number of hydrogen-bond donors (Lipinski definition) is 1. The Hall–Kier alpha value is -3.14. The number of nitrogens with one attached hydrogen (secondary N) is 1. The van der Waals surface area contributed by atoms with E-state index >= 15 is 0 Å². The molecule has 1 aliphatic carbocycles. The number of anilines is 1. The summed E-state index contributed by atoms with van der Waals surface area (Å²) in [7, 11) is 2.11. The van der Waals surface area contributed by atoms with Crippen molar-refractivity contribution in [2.24, 2.45) is 11.0 Å². The summed E-state index contributed by atoms with van der Waals surface area (Å²) in [5.74, 6) is -0.796. The molecule has 11 nitrogen and oxygen atoms in total. The lowest BCUT2D eigenvalue weighted by Gasteiger charge is -2.34. The van der Waals surface area contributed by atoms with Crippen LogP contribution in [0.1, 0.15) is 36.0 Å². The van der Waals surface area contributed by atoms with Gasteiger partial charge < -0.3 is 24.8 Å². The van der Waals surface area contributed by atoms with Crippen LogP contribution in [0.5, 0.6) is 0 Å². The Morgan fingerprint density at radius 3 is 2.50 bits per heavy atom. The van der Waals surface area contributed by atoms with Gasteiger partial charge in [0, 0.05) is 48.9 Å². The highest BCUT2D eigenvalue weighted by Crippen LogP contribution is 2.34. The van der Waals surface area contributed by atoms with E-state index in [0.717, 1.165) is 57.5 Å². The molecule has 3 saturated heterocycles. The van der Waals surface area contributed by atoms with Crippen LogP contribution in [0, 0.1) is 5.92 Å². The van der Waals surface area contributed by atoms with Gasteiger partial charge in [-0.1, -0.05) is 18.0 Å². The molecule has 1 saturated carbocycles. The zero-order valence-electron chi connectivity index (χ0n) is 20.6. The number of hydrogen-bond acceptors (Lipinski definition) is 7. The number of fused-ring (bicyclic) bond motifs is 1. The van der Waals surface area contributed by atoms with Gasteiger partial charge in [0.2, 0.25) is 5.91 Å². The van der Waals surface area contributed by atoms with Crippen molar-refractivity contribution in [3.05, 3.63) is 40.3 Å². The van der Waals surface area contributed by atoms with Gasteiger partial charge >= 0.3 is 0 Å². The third kappa shape index (κ3) is 4.78. The van der Waals surface area contributed by atoms with E-state index < -0.39 is 24.2 Å². The van der Waals surface area contributed by atoms with Crippen molar-refractivity contribution in [3.8, 4) is 0 Å². The van der Waals surface area contributed by atoms with Gasteiger partial charge in [0.05, 0.1) is 12.1 Å². The van der Waals surface area contributed by atoms with Crippen molar-refractivity contribution in [2.75, 3.05) is 51.3 Å². The fourth-order valence-corrected chi connectivity index (χ4v) is 5.99. The molecule has 0 spiro atoms. The van der Waals surface area contributed by atoms with Crippen molar-refractivity contribution in [2.45, 2.75) is 49.9 Å². The van der Waals surface area contributed by atoms with Crippen LogP contribution in [0.3, 0.4) is 0 Å². The Morgan fingerprint density at radius 1 is 1.14 bits per heavy atom. The van der Waals surface area contributed by atoms with Crippen LogP contribution in [-0.2, 0) is 14.3 Å². The molecule has 36 heavy (non-hydrogen) atoms. The van der Waals surface area contributed by atoms with Crippen LogP contribution in [0.25, 0.3) is 10.4 Å². The molecule has 1 aromatic carbocycles. The molecule has 0 bridgehead atoms. The first kappa shape index (κ1) is 24.5. The second kappa shape index (κ2) is 10.5. The molecule has 11 heteroatoms. The van der Waals surface area contributed by atoms with E-state index in [4.69, 9.17) is 10.3 Å². The summed E-state index contributed by atoms with van der Waals surface area (Å²) in [5, 5.41) is 6.76. The molecule has 5 rings (SSSR count). The van der Waals surface area contributed by atoms with E-state index in [1.807, 2.05) is 12.1 Å². The number of likely N-dealkylation sites (tertiary alicyclic amines) is 1. The SMILES string of the molecule is CN1CCN(c2ccc(C(=O)N[C@H](C(=O)N3C[C@@H](N=[N+]=[N-])[C@H]4OCC(=O)[C@H]43)C3CCCC3)cc2)CC1. The summed E-state index contributed by atoms with van der Waals surface area (Å²) in [4.78, 5) is 48.5. The van der Waals surface area contributed by atoms with Gasteiger partial charge in [-0.15, -0.1) is 0 Å². The van der Waals surface area contributed by atoms with Crippen LogP contribution < -0.4 is 10.2 Å². The highest BCUT2D eigenvalue weighted by molar-refractivity contribution is 5.99. The van der Waals surface area contributed by atoms with E-state index in [2.05, 4.69) is 32.2 Å². The maximum Gasteiger partial charge on any atom is 0.251 e. The van der Waals surface area contributed by atoms with Crippen molar-refractivity contribution in [1.82, 2.24) is 15.1 Å². The zero-order valence-corrected chi connectivity index (χ0v) is 20.6. The topological polar surface area (TPSA) is 131 Å². The monoisotopic (exact) mass is 495 g/mol. The van der Waals surface area contributed by atoms with Gasteiger partial charge in [-0.2, -0.15) is 0 Å². The Balaban J connectivity index is 1.31. The lowest BCUT2D eigenvalue weighted by Crippen LogP contribution is -2.54. The second-order valence-corrected chi connectivity index (χ2v) is 10.3. The Kier molecular flexibility index (Phi) is 7.13. The van der Waals surface area contributed by atoms with Crippen LogP contribution in [-0.4, -0.2) is 98.0 Å². The second-order valence-electron chi connectivity index (χ2n) is 10.3. The average Bonchev–Trinajstić information content (AvgIpc) is 3.63. The Bertz CT molecular complexity index is 1040. The predicted molar refractivity (Wildman–Crippen MR) is 133 cm³/mol. The lowest BCUT2D eigenvalue weighted by molar-refractivity contribution is -0.139. The number of Topliss-reactive ketones (excluding diaryl/α,β-unsaturated/α-hetero) is 1. The van der Waals surface area contributed by atoms with Gasteiger partial charge in [-0.25, -0.2) is 0 Å². The summed E-state index contributed by atoms with van der Waals surface area (Å²) in [6, 6.07) is 5.40. The first-order valence-electron chi connectivity index (χ1n) is 12.8. The van der Waals surface area contributed by atoms with Crippen molar-refractivity contribution >= 4 is 23.3 Å². The zero-order chi connectivity index (χ0) is 25.2. The summed E-state index contributed by atoms with van der Waals surface area (Å²) in [6.07, 6.45) is 3.05. The number of amides is 2. The van der Waals surface area contributed by atoms with Crippen molar-refractivity contribution in [3.63, 3.8) is 0 Å². The fraction of sp³-hybridized carbons (Fsp3) is 0.640. The molecule has 1 N–H and O–H groups in total. The number of rotatable bonds is 6. The van der Waals surface area contributed by atoms with Crippen LogP contribution in [0.2, 0.25) is 0 Å². The number of likely N-dealkylation sites (N-methyl/N-ethyl adjacent to an activating group) is 1. The molecule has 3 heterocycles. The molecular weight excluding hydrogens is 462 g/mol. The first-order valence-corrected chi connectivity index (χ1v) is 12.8. The molecule has 1 aromatic rings. The number of benzene rings is 1. The molecule has 4 aliphatic rings. The molecule has 2 amide bonds. The number of azide groups is 1. The molecular formula is C25H33N7O4. The van der Waals surface area contributed by atoms with Crippen molar-refractivity contribution in [1.29, 1.82) is 0 Å². The summed E-state index contributed by atoms with van der Waals surface area (Å²) >= 11 is 0. The highest BCUT2D eigenvalue weighted by Gasteiger charge is 2.53. The summed E-state index contributed by atoms with van der Waals surface area (Å²) < 4.78 is 5.56. The lowest BCUT2D eigenvalue weighted by atomic mass is 9.95. The minimum atomic E-state index is -0.767. The molecule has 4 fully saturated rings. The molecule has 0 radical (unpaired) electrons. The maximum atomic E-state index is 13.8. The quantitative estimate of drug-likeness (QED) is 0.362. The standard InChI is InChI=1S/C25H33N7O4/c1-30-10-12-31(13-11-30)18-8-6-17(7-9-18)24(34)27-21(16-4-2-3-5-16)25(35)32-14-19(28-29-26)23-22(32)20(33)15-36-23/h6-9,16,19,21-23H,2-5,10-15H2,1H3,(H,27,34)/t19-,21+,22-,23-/m1/s1. The number of ether oxygens (including phenoxy) is 1. The number of nitrogens with zero attached hydrogens (tertiary/aromatic N) is 6. The number of carbonyl (C=O) groups is 3. The summed E-state index contributed by atoms with van der Waals surface area (Å²) in [5.41, 5.74) is 10.5. The number of carbonyl (C=O) groups excluding carboxylic acids is 3. The first-order chi connectivity index (χ1) is 17.5. The Labute approximate surface area is 210 Å². The summed E-state index contributed by atoms with van der Waals surface area (Å²) in [6.45, 7) is 3.90.